The second-order valence-corrected chi connectivity index (χ2v) is 5.49. The minimum atomic E-state index is -1.94. The van der Waals surface area contributed by atoms with Gasteiger partial charge in [-0.3, -0.25) is 4.79 Å². The molecule has 0 radical (unpaired) electrons. The smallest absolute Gasteiger partial charge is 0.417 e. The number of nitrogens with zero attached hydrogens (tertiary/aromatic N) is 1. The zero-order valence-corrected chi connectivity index (χ0v) is 14.0. The van der Waals surface area contributed by atoms with E-state index in [2.05, 4.69) is 0 Å². The topological polar surface area (TPSA) is 174 Å². The molecule has 146 valence electrons. The first-order valence-corrected chi connectivity index (χ1v) is 7.86. The van der Waals surface area contributed by atoms with Crippen molar-refractivity contribution in [1.29, 1.82) is 0 Å². The molecule has 1 aromatic carbocycles. The van der Waals surface area contributed by atoms with Crippen LogP contribution >= 0.6 is 0 Å². The van der Waals surface area contributed by atoms with Crippen LogP contribution in [0.5, 0.6) is 0 Å². The largest absolute Gasteiger partial charge is 0.444 e. The number of ether oxygens (including phenoxy) is 1. The summed E-state index contributed by atoms with van der Waals surface area (Å²) in [5, 5.41) is 47.7. The quantitative estimate of drug-likeness (QED) is 0.275. The molecule has 0 aliphatic carbocycles. The van der Waals surface area contributed by atoms with Crippen molar-refractivity contribution in [3.8, 4) is 0 Å². The number of nitrogens with two attached hydrogens (primary N) is 1. The van der Waals surface area contributed by atoms with Gasteiger partial charge in [-0.15, -0.1) is 0 Å². The zero-order chi connectivity index (χ0) is 19.7. The summed E-state index contributed by atoms with van der Waals surface area (Å²) >= 11 is 0. The number of amides is 2. The summed E-state index contributed by atoms with van der Waals surface area (Å²) in [4.78, 5) is 24.7. The highest BCUT2D eigenvalue weighted by molar-refractivity contribution is 5.93. The van der Waals surface area contributed by atoms with Crippen LogP contribution in [0.15, 0.2) is 30.3 Å². The number of benzene rings is 1. The van der Waals surface area contributed by atoms with E-state index in [0.717, 1.165) is 0 Å². The first-order valence-electron chi connectivity index (χ1n) is 7.86. The van der Waals surface area contributed by atoms with Gasteiger partial charge in [0.05, 0.1) is 25.8 Å². The van der Waals surface area contributed by atoms with E-state index in [-0.39, 0.29) is 6.61 Å². The molecule has 10 nitrogen and oxygen atoms in total. The Kier molecular flexibility index (Phi) is 9.13. The molecule has 1 aromatic rings. The minimum absolute atomic E-state index is 0.177. The molecule has 0 aliphatic rings. The molecule has 1 rings (SSSR count). The van der Waals surface area contributed by atoms with Crippen LogP contribution in [0.2, 0.25) is 0 Å². The SMILES string of the molecule is NCC(=O)N(C(=O)OCc1ccccc1)[C@@H](CO)[C@@H](O)[C@H](O)[C@H](O)CO. The maximum Gasteiger partial charge on any atom is 0.417 e. The van der Waals surface area contributed by atoms with E-state index < -0.39 is 56.1 Å². The van der Waals surface area contributed by atoms with Gasteiger partial charge in [-0.1, -0.05) is 30.3 Å². The third-order valence-electron chi connectivity index (χ3n) is 3.69. The van der Waals surface area contributed by atoms with E-state index in [1.54, 1.807) is 30.3 Å². The van der Waals surface area contributed by atoms with Crippen LogP contribution in [-0.4, -0.2) is 86.5 Å². The van der Waals surface area contributed by atoms with Crippen molar-refractivity contribution in [2.45, 2.75) is 31.0 Å². The van der Waals surface area contributed by atoms with Crippen molar-refractivity contribution in [3.05, 3.63) is 35.9 Å². The fraction of sp³-hybridized carbons (Fsp3) is 0.500. The van der Waals surface area contributed by atoms with Gasteiger partial charge in [0.1, 0.15) is 24.9 Å². The Morgan fingerprint density at radius 2 is 1.65 bits per heavy atom. The Labute approximate surface area is 150 Å². The average molecular weight is 372 g/mol. The number of aliphatic hydroxyl groups is 5. The Morgan fingerprint density at radius 3 is 2.15 bits per heavy atom. The second kappa shape index (κ2) is 10.8. The molecule has 4 atom stereocenters. The normalized spacial score (nSPS) is 15.6. The van der Waals surface area contributed by atoms with E-state index >= 15 is 0 Å². The van der Waals surface area contributed by atoms with Gasteiger partial charge in [0.25, 0.3) is 0 Å². The lowest BCUT2D eigenvalue weighted by atomic mass is 10.0. The van der Waals surface area contributed by atoms with Crippen LogP contribution in [0.4, 0.5) is 4.79 Å². The van der Waals surface area contributed by atoms with Crippen molar-refractivity contribution in [2.24, 2.45) is 5.73 Å². The van der Waals surface area contributed by atoms with E-state index in [0.29, 0.717) is 10.5 Å². The Hall–Kier alpha value is -2.08. The summed E-state index contributed by atoms with van der Waals surface area (Å²) in [6.45, 7) is -2.60. The van der Waals surface area contributed by atoms with Gasteiger partial charge in [0, 0.05) is 0 Å². The maximum atomic E-state index is 12.3. The molecule has 7 N–H and O–H groups in total. The predicted molar refractivity (Wildman–Crippen MR) is 88.5 cm³/mol. The van der Waals surface area contributed by atoms with E-state index in [4.69, 9.17) is 15.6 Å². The summed E-state index contributed by atoms with van der Waals surface area (Å²) in [7, 11) is 0. The third kappa shape index (κ3) is 5.73. The molecule has 0 fully saturated rings. The second-order valence-electron chi connectivity index (χ2n) is 5.49. The Bertz CT molecular complexity index is 571. The number of hydrogen-bond acceptors (Lipinski definition) is 9. The molecular weight excluding hydrogens is 348 g/mol. The first-order chi connectivity index (χ1) is 12.4. The van der Waals surface area contributed by atoms with Crippen LogP contribution in [0.25, 0.3) is 0 Å². The molecule has 0 aliphatic heterocycles. The molecule has 0 spiro atoms. The van der Waals surface area contributed by atoms with Crippen LogP contribution in [0.1, 0.15) is 5.56 Å². The van der Waals surface area contributed by atoms with Gasteiger partial charge in [0.2, 0.25) is 5.91 Å². The van der Waals surface area contributed by atoms with Crippen molar-refractivity contribution in [3.63, 3.8) is 0 Å². The van der Waals surface area contributed by atoms with E-state index in [1.165, 1.54) is 0 Å². The fourth-order valence-corrected chi connectivity index (χ4v) is 2.21. The van der Waals surface area contributed by atoms with Gasteiger partial charge in [-0.2, -0.15) is 0 Å². The number of rotatable bonds is 9. The molecule has 0 heterocycles. The molecule has 0 saturated heterocycles. The van der Waals surface area contributed by atoms with Crippen molar-refractivity contribution >= 4 is 12.0 Å². The summed E-state index contributed by atoms with van der Waals surface area (Å²) < 4.78 is 5.01. The highest BCUT2D eigenvalue weighted by atomic mass is 16.6. The summed E-state index contributed by atoms with van der Waals surface area (Å²) in [5.74, 6) is -0.966. The number of imide groups is 1. The number of carbonyl (C=O) groups is 2. The molecule has 0 unspecified atom stereocenters. The molecule has 26 heavy (non-hydrogen) atoms. The molecular formula is C16H24N2O8. The molecule has 10 heteroatoms. The van der Waals surface area contributed by atoms with Gasteiger partial charge in [-0.25, -0.2) is 9.69 Å². The fourth-order valence-electron chi connectivity index (χ4n) is 2.21. The van der Waals surface area contributed by atoms with Gasteiger partial charge in [-0.05, 0) is 5.56 Å². The molecule has 0 saturated carbocycles. The van der Waals surface area contributed by atoms with Gasteiger partial charge >= 0.3 is 6.09 Å². The monoisotopic (exact) mass is 372 g/mol. The van der Waals surface area contributed by atoms with Crippen LogP contribution < -0.4 is 5.73 Å². The van der Waals surface area contributed by atoms with Crippen LogP contribution in [-0.2, 0) is 16.1 Å². The third-order valence-corrected chi connectivity index (χ3v) is 3.69. The molecule has 0 bridgehead atoms. The Balaban J connectivity index is 2.94. The van der Waals surface area contributed by atoms with E-state index in [9.17, 15) is 30.0 Å². The zero-order valence-electron chi connectivity index (χ0n) is 14.0. The average Bonchev–Trinajstić information content (AvgIpc) is 2.68. The van der Waals surface area contributed by atoms with Crippen molar-refractivity contribution in [1.82, 2.24) is 4.90 Å². The molecule has 0 aromatic heterocycles. The van der Waals surface area contributed by atoms with Crippen molar-refractivity contribution in [2.75, 3.05) is 19.8 Å². The molecule has 2 amide bonds. The minimum Gasteiger partial charge on any atom is -0.444 e. The first kappa shape index (κ1) is 22.0. The highest BCUT2D eigenvalue weighted by Crippen LogP contribution is 2.14. The maximum absolute atomic E-state index is 12.3. The highest BCUT2D eigenvalue weighted by Gasteiger charge is 2.39. The summed E-state index contributed by atoms with van der Waals surface area (Å²) in [6, 6.07) is 6.94. The predicted octanol–water partition coefficient (Wildman–Crippen LogP) is -2.45. The number of hydrogen-bond donors (Lipinski definition) is 6. The standard InChI is InChI=1S/C16H24N2O8/c17-6-13(22)18(11(7-19)14(23)15(24)12(21)8-20)16(25)26-9-10-4-2-1-3-5-10/h1-5,11-12,14-15,19-21,23-24H,6-9,17H2/t11-,12+,14+,15+/m0/s1. The van der Waals surface area contributed by atoms with Gasteiger partial charge in [0.15, 0.2) is 0 Å². The van der Waals surface area contributed by atoms with E-state index in [1.807, 2.05) is 0 Å². The summed E-state index contributed by atoms with van der Waals surface area (Å²) in [6.07, 6.45) is -6.80. The van der Waals surface area contributed by atoms with Crippen molar-refractivity contribution < 1.29 is 39.9 Å². The number of carbonyl (C=O) groups excluding carboxylic acids is 2. The Morgan fingerprint density at radius 1 is 1.04 bits per heavy atom. The number of aliphatic hydroxyl groups excluding tert-OH is 5. The summed E-state index contributed by atoms with van der Waals surface area (Å²) in [5.41, 5.74) is 5.90. The van der Waals surface area contributed by atoms with Crippen LogP contribution in [0.3, 0.4) is 0 Å². The lowest BCUT2D eigenvalue weighted by Gasteiger charge is -2.34. The van der Waals surface area contributed by atoms with Crippen LogP contribution in [0, 0.1) is 0 Å². The van der Waals surface area contributed by atoms with Gasteiger partial charge < -0.3 is 36.0 Å². The lowest BCUT2D eigenvalue weighted by Crippen LogP contribution is -2.58. The lowest BCUT2D eigenvalue weighted by molar-refractivity contribution is -0.141.